The molecule has 6 heteroatoms. The number of pyridine rings is 1. The number of nitrogens with one attached hydrogen (secondary N) is 1. The van der Waals surface area contributed by atoms with Gasteiger partial charge in [-0.3, -0.25) is 4.98 Å². The van der Waals surface area contributed by atoms with Gasteiger partial charge in [0, 0.05) is 51.2 Å². The average molecular weight is 408 g/mol. The van der Waals surface area contributed by atoms with Gasteiger partial charge in [-0.25, -0.2) is 0 Å². The summed E-state index contributed by atoms with van der Waals surface area (Å²) in [6.45, 7) is 6.76. The van der Waals surface area contributed by atoms with Crippen molar-refractivity contribution in [3.8, 4) is 5.75 Å². The number of rotatable bonds is 13. The molecule has 1 fully saturated rings. The van der Waals surface area contributed by atoms with Crippen molar-refractivity contribution in [2.45, 2.75) is 83.1 Å². The molecule has 29 heavy (non-hydrogen) atoms. The molecule has 0 aromatic carbocycles. The molecule has 166 valence electrons. The predicted octanol–water partition coefficient (Wildman–Crippen LogP) is 4.39. The van der Waals surface area contributed by atoms with Gasteiger partial charge >= 0.3 is 0 Å². The fraction of sp³-hybridized carbons (Fsp3) is 0.783. The number of piperidine rings is 1. The zero-order valence-electron chi connectivity index (χ0n) is 19.1. The van der Waals surface area contributed by atoms with Crippen LogP contribution in [-0.4, -0.2) is 57.3 Å². The summed E-state index contributed by atoms with van der Waals surface area (Å²) in [4.78, 5) is 6.66. The highest BCUT2D eigenvalue weighted by Crippen LogP contribution is 2.29. The topological polar surface area (TPSA) is 55.9 Å². The van der Waals surface area contributed by atoms with Gasteiger partial charge in [0.15, 0.2) is 6.29 Å². The molecule has 0 radical (unpaired) electrons. The Morgan fingerprint density at radius 2 is 1.79 bits per heavy atom. The number of ether oxygens (including phenoxy) is 3. The van der Waals surface area contributed by atoms with Crippen LogP contribution < -0.4 is 15.0 Å². The summed E-state index contributed by atoms with van der Waals surface area (Å²) in [5, 5.41) is 3.91. The van der Waals surface area contributed by atoms with Gasteiger partial charge in [0.25, 0.3) is 0 Å². The minimum Gasteiger partial charge on any atom is -0.494 e. The van der Waals surface area contributed by atoms with E-state index in [0.29, 0.717) is 6.04 Å². The molecule has 1 aromatic heterocycles. The molecule has 0 unspecified atom stereocenters. The highest BCUT2D eigenvalue weighted by Gasteiger charge is 2.26. The molecule has 0 spiro atoms. The zero-order valence-corrected chi connectivity index (χ0v) is 19.1. The molecule has 6 nitrogen and oxygen atoms in total. The number of hydrogen-bond acceptors (Lipinski definition) is 6. The number of methoxy groups -OCH3 is 3. The first-order chi connectivity index (χ1) is 14.0. The lowest BCUT2D eigenvalue weighted by Crippen LogP contribution is -2.50. The maximum absolute atomic E-state index is 5.49. The van der Waals surface area contributed by atoms with Gasteiger partial charge in [0.05, 0.1) is 19.0 Å². The number of aromatic nitrogens is 1. The van der Waals surface area contributed by atoms with Crippen LogP contribution in [0.15, 0.2) is 18.5 Å². The van der Waals surface area contributed by atoms with E-state index in [2.05, 4.69) is 29.0 Å². The normalized spacial score (nSPS) is 15.9. The summed E-state index contributed by atoms with van der Waals surface area (Å²) < 4.78 is 16.0. The first kappa shape index (κ1) is 23.9. The molecule has 1 aromatic rings. The minimum atomic E-state index is -0.0504. The van der Waals surface area contributed by atoms with Crippen molar-refractivity contribution in [2.24, 2.45) is 0 Å². The smallest absolute Gasteiger partial charge is 0.156 e. The van der Waals surface area contributed by atoms with Crippen molar-refractivity contribution < 1.29 is 14.2 Å². The Kier molecular flexibility index (Phi) is 10.2. The second kappa shape index (κ2) is 12.4. The molecule has 1 saturated heterocycles. The quantitative estimate of drug-likeness (QED) is 0.387. The molecular weight excluding hydrogens is 366 g/mol. The van der Waals surface area contributed by atoms with Crippen LogP contribution in [0.2, 0.25) is 0 Å². The third-order valence-electron chi connectivity index (χ3n) is 5.93. The molecule has 0 aliphatic carbocycles. The second-order valence-electron chi connectivity index (χ2n) is 8.69. The van der Waals surface area contributed by atoms with Crippen molar-refractivity contribution in [1.29, 1.82) is 0 Å². The van der Waals surface area contributed by atoms with Crippen molar-refractivity contribution >= 4 is 5.69 Å². The van der Waals surface area contributed by atoms with E-state index in [1.54, 1.807) is 27.5 Å². The Morgan fingerprint density at radius 3 is 2.45 bits per heavy atom. The molecule has 0 saturated carbocycles. The Hall–Kier alpha value is -1.37. The van der Waals surface area contributed by atoms with E-state index in [9.17, 15) is 0 Å². The Labute approximate surface area is 177 Å². The van der Waals surface area contributed by atoms with Crippen LogP contribution in [0.25, 0.3) is 0 Å². The summed E-state index contributed by atoms with van der Waals surface area (Å²) >= 11 is 0. The third-order valence-corrected chi connectivity index (χ3v) is 5.93. The molecule has 0 amide bonds. The zero-order chi connectivity index (χ0) is 21.1. The Bertz CT molecular complexity index is 570. The third kappa shape index (κ3) is 8.11. The van der Waals surface area contributed by atoms with E-state index in [1.165, 1.54) is 25.7 Å². The number of nitrogens with zero attached hydrogens (tertiary/aromatic N) is 2. The summed E-state index contributed by atoms with van der Waals surface area (Å²) in [7, 11) is 5.14. The molecule has 2 heterocycles. The van der Waals surface area contributed by atoms with Gasteiger partial charge in [0.1, 0.15) is 5.75 Å². The molecule has 1 aliphatic rings. The standard InChI is InChI=1S/C23H41N3O3/c1-23(2,14-9-7-6-8-10-22(28-4)29-5)25-19-12-16-26(17-13-19)20-18-24-15-11-21(20)27-3/h11,15,18-19,22,25H,6-10,12-14,16-17H2,1-5H3. The van der Waals surface area contributed by atoms with Gasteiger partial charge in [-0.2, -0.15) is 0 Å². The lowest BCUT2D eigenvalue weighted by Gasteiger charge is -2.38. The Morgan fingerprint density at radius 1 is 1.10 bits per heavy atom. The van der Waals surface area contributed by atoms with E-state index in [1.807, 2.05) is 12.3 Å². The van der Waals surface area contributed by atoms with Crippen LogP contribution >= 0.6 is 0 Å². The van der Waals surface area contributed by atoms with Gasteiger partial charge in [0.2, 0.25) is 0 Å². The van der Waals surface area contributed by atoms with Crippen molar-refractivity contribution in [3.63, 3.8) is 0 Å². The molecule has 1 N–H and O–H groups in total. The lowest BCUT2D eigenvalue weighted by molar-refractivity contribution is -0.107. The van der Waals surface area contributed by atoms with E-state index in [0.717, 1.165) is 50.2 Å². The molecule has 0 atom stereocenters. The second-order valence-corrected chi connectivity index (χ2v) is 8.69. The summed E-state index contributed by atoms with van der Waals surface area (Å²) in [6, 6.07) is 2.51. The van der Waals surface area contributed by atoms with Gasteiger partial charge < -0.3 is 24.4 Å². The fourth-order valence-electron chi connectivity index (χ4n) is 4.24. The minimum absolute atomic E-state index is 0.0504. The first-order valence-corrected chi connectivity index (χ1v) is 11.1. The van der Waals surface area contributed by atoms with E-state index in [-0.39, 0.29) is 11.8 Å². The Balaban J connectivity index is 1.65. The molecule has 1 aliphatic heterocycles. The first-order valence-electron chi connectivity index (χ1n) is 11.1. The van der Waals surface area contributed by atoms with E-state index < -0.39 is 0 Å². The largest absolute Gasteiger partial charge is 0.494 e. The SMILES string of the molecule is COc1ccncc1N1CCC(NC(C)(C)CCCCCCC(OC)OC)CC1. The average Bonchev–Trinajstić information content (AvgIpc) is 2.73. The van der Waals surface area contributed by atoms with Gasteiger partial charge in [-0.05, 0) is 46.0 Å². The van der Waals surface area contributed by atoms with Crippen molar-refractivity contribution in [3.05, 3.63) is 18.5 Å². The molecular formula is C23H41N3O3. The van der Waals surface area contributed by atoms with Crippen LogP contribution in [0.4, 0.5) is 5.69 Å². The lowest BCUT2D eigenvalue weighted by atomic mass is 9.93. The number of unbranched alkanes of at least 4 members (excludes halogenated alkanes) is 3. The van der Waals surface area contributed by atoms with Crippen LogP contribution in [0.1, 0.15) is 65.2 Å². The number of anilines is 1. The van der Waals surface area contributed by atoms with Crippen molar-refractivity contribution in [1.82, 2.24) is 10.3 Å². The number of hydrogen-bond donors (Lipinski definition) is 1. The van der Waals surface area contributed by atoms with E-state index >= 15 is 0 Å². The maximum Gasteiger partial charge on any atom is 0.156 e. The molecule has 2 rings (SSSR count). The van der Waals surface area contributed by atoms with Crippen LogP contribution in [0, 0.1) is 0 Å². The molecule has 0 bridgehead atoms. The van der Waals surface area contributed by atoms with Crippen LogP contribution in [0.3, 0.4) is 0 Å². The highest BCUT2D eigenvalue weighted by atomic mass is 16.7. The van der Waals surface area contributed by atoms with Gasteiger partial charge in [-0.1, -0.05) is 19.3 Å². The maximum atomic E-state index is 5.49. The van der Waals surface area contributed by atoms with Crippen molar-refractivity contribution in [2.75, 3.05) is 39.3 Å². The van der Waals surface area contributed by atoms with Gasteiger partial charge in [-0.15, -0.1) is 0 Å². The van der Waals surface area contributed by atoms with E-state index in [4.69, 9.17) is 14.2 Å². The predicted molar refractivity (Wildman–Crippen MR) is 119 cm³/mol. The monoisotopic (exact) mass is 407 g/mol. The summed E-state index contributed by atoms with van der Waals surface area (Å²) in [5.74, 6) is 0.911. The summed E-state index contributed by atoms with van der Waals surface area (Å²) in [6.07, 6.45) is 13.1. The fourth-order valence-corrected chi connectivity index (χ4v) is 4.24. The summed E-state index contributed by atoms with van der Waals surface area (Å²) in [5.41, 5.74) is 1.29. The van der Waals surface area contributed by atoms with Crippen LogP contribution in [-0.2, 0) is 9.47 Å². The van der Waals surface area contributed by atoms with Crippen LogP contribution in [0.5, 0.6) is 5.75 Å². The highest BCUT2D eigenvalue weighted by molar-refractivity contribution is 5.56.